The number of fused-ring (bicyclic) bond motifs is 1. The highest BCUT2D eigenvalue weighted by atomic mass is 19.1. The van der Waals surface area contributed by atoms with Crippen LogP contribution in [0.1, 0.15) is 37.3 Å². The Kier molecular flexibility index (Phi) is 5.97. The third-order valence-corrected chi connectivity index (χ3v) is 6.81. The van der Waals surface area contributed by atoms with Gasteiger partial charge in [0.2, 0.25) is 5.95 Å². The number of carbonyl (C=O) groups excluding carboxylic acids is 1. The van der Waals surface area contributed by atoms with Crippen LogP contribution >= 0.6 is 0 Å². The van der Waals surface area contributed by atoms with E-state index in [2.05, 4.69) is 30.7 Å². The van der Waals surface area contributed by atoms with Crippen molar-refractivity contribution in [2.75, 3.05) is 38.2 Å². The van der Waals surface area contributed by atoms with E-state index < -0.39 is 24.5 Å². The fraction of sp³-hybridized carbons (Fsp3) is 0.565. The molecule has 3 aliphatic rings. The van der Waals surface area contributed by atoms with Gasteiger partial charge < -0.3 is 24.8 Å². The fourth-order valence-corrected chi connectivity index (χ4v) is 4.45. The number of alkyl carbamates (subject to hydrolysis) is 1. The molecule has 13 heteroatoms. The second-order valence-corrected chi connectivity index (χ2v) is 9.78. The van der Waals surface area contributed by atoms with Crippen LogP contribution in [0.5, 0.6) is 0 Å². The number of anilines is 2. The van der Waals surface area contributed by atoms with E-state index in [0.717, 1.165) is 57.0 Å². The minimum atomic E-state index is -1.52. The van der Waals surface area contributed by atoms with E-state index in [4.69, 9.17) is 19.2 Å². The van der Waals surface area contributed by atoms with Crippen LogP contribution in [-0.4, -0.2) is 86.3 Å². The van der Waals surface area contributed by atoms with Crippen molar-refractivity contribution in [3.8, 4) is 0 Å². The number of alkyl halides is 1. The molecule has 0 bridgehead atoms. The van der Waals surface area contributed by atoms with Gasteiger partial charge in [-0.05, 0) is 25.8 Å². The van der Waals surface area contributed by atoms with Crippen LogP contribution in [0.15, 0.2) is 24.5 Å². The van der Waals surface area contributed by atoms with Crippen LogP contribution in [0.25, 0.3) is 5.65 Å². The summed E-state index contributed by atoms with van der Waals surface area (Å²) in [6.07, 6.45) is 1.37. The number of morpholine rings is 1. The summed E-state index contributed by atoms with van der Waals surface area (Å²) in [6, 6.07) is 3.50. The summed E-state index contributed by atoms with van der Waals surface area (Å²) in [6.45, 7) is 5.84. The topological polar surface area (TPSA) is 131 Å². The number of carbonyl (C=O) groups is 1. The van der Waals surface area contributed by atoms with Crippen molar-refractivity contribution >= 4 is 23.5 Å². The zero-order valence-corrected chi connectivity index (χ0v) is 19.9. The number of nitrogens with one attached hydrogen (secondary N) is 3. The van der Waals surface area contributed by atoms with E-state index in [1.807, 2.05) is 23.6 Å². The number of halogens is 1. The van der Waals surface area contributed by atoms with Gasteiger partial charge in [-0.2, -0.15) is 5.10 Å². The third-order valence-electron chi connectivity index (χ3n) is 6.81. The number of imidazole rings is 1. The maximum Gasteiger partial charge on any atom is 0.408 e. The van der Waals surface area contributed by atoms with Crippen LogP contribution in [0.3, 0.4) is 0 Å². The molecule has 3 aromatic rings. The number of rotatable bonds is 7. The zero-order valence-electron chi connectivity index (χ0n) is 19.9. The van der Waals surface area contributed by atoms with Crippen LogP contribution in [0.2, 0.25) is 0 Å². The Hall–Kier alpha value is -3.29. The Morgan fingerprint density at radius 2 is 2.19 bits per heavy atom. The zero-order chi connectivity index (χ0) is 24.7. The summed E-state index contributed by atoms with van der Waals surface area (Å²) >= 11 is 0. The first-order valence-corrected chi connectivity index (χ1v) is 12.2. The van der Waals surface area contributed by atoms with Crippen molar-refractivity contribution in [3.05, 3.63) is 35.9 Å². The molecule has 3 aromatic heterocycles. The number of amides is 1. The number of aromatic nitrogens is 5. The summed E-state index contributed by atoms with van der Waals surface area (Å²) in [5.74, 6) is 0.981. The molecule has 3 fully saturated rings. The first-order chi connectivity index (χ1) is 17.5. The summed E-state index contributed by atoms with van der Waals surface area (Å²) in [4.78, 5) is 23.5. The predicted octanol–water partition coefficient (Wildman–Crippen LogP) is 2.08. The highest BCUT2D eigenvalue weighted by Gasteiger charge is 2.44. The van der Waals surface area contributed by atoms with Crippen molar-refractivity contribution in [1.29, 1.82) is 0 Å². The SMILES string of the molecule is CC1(NC(=O)O[C@@H]2CO[C@H](c3cc(Nc4nccc5nc(CN6CCOCC6)cn45)n[nH]3)[C@@H]2F)CC1. The fourth-order valence-electron chi connectivity index (χ4n) is 4.45. The molecule has 1 amide bonds. The molecule has 0 aromatic carbocycles. The van der Waals surface area contributed by atoms with E-state index in [1.54, 1.807) is 12.3 Å². The van der Waals surface area contributed by atoms with Gasteiger partial charge in [-0.3, -0.25) is 14.4 Å². The number of ether oxygens (including phenoxy) is 3. The minimum absolute atomic E-state index is 0.0282. The van der Waals surface area contributed by atoms with Crippen LogP contribution in [0, 0.1) is 0 Å². The molecule has 2 saturated heterocycles. The molecule has 3 atom stereocenters. The molecule has 6 rings (SSSR count). The molecule has 36 heavy (non-hydrogen) atoms. The molecular formula is C23H29FN8O4. The maximum atomic E-state index is 15.1. The first-order valence-electron chi connectivity index (χ1n) is 12.2. The highest BCUT2D eigenvalue weighted by molar-refractivity contribution is 5.69. The molecule has 2 aliphatic heterocycles. The molecule has 3 N–H and O–H groups in total. The van der Waals surface area contributed by atoms with Crippen LogP contribution in [0.4, 0.5) is 21.0 Å². The average Bonchev–Trinajstić information content (AvgIpc) is 3.20. The lowest BCUT2D eigenvalue weighted by Gasteiger charge is -2.25. The van der Waals surface area contributed by atoms with Gasteiger partial charge in [0.15, 0.2) is 18.1 Å². The Labute approximate surface area is 206 Å². The summed E-state index contributed by atoms with van der Waals surface area (Å²) in [5, 5.41) is 13.0. The third kappa shape index (κ3) is 4.86. The largest absolute Gasteiger partial charge is 0.441 e. The molecule has 0 unspecified atom stereocenters. The van der Waals surface area contributed by atoms with Gasteiger partial charge >= 0.3 is 6.09 Å². The second-order valence-electron chi connectivity index (χ2n) is 9.78. The summed E-state index contributed by atoms with van der Waals surface area (Å²) < 4.78 is 33.2. The summed E-state index contributed by atoms with van der Waals surface area (Å²) in [7, 11) is 0. The van der Waals surface area contributed by atoms with Gasteiger partial charge in [0, 0.05) is 43.6 Å². The van der Waals surface area contributed by atoms with Crippen molar-refractivity contribution in [1.82, 2.24) is 34.8 Å². The lowest BCUT2D eigenvalue weighted by atomic mass is 10.1. The van der Waals surface area contributed by atoms with Gasteiger partial charge in [0.25, 0.3) is 0 Å². The van der Waals surface area contributed by atoms with Gasteiger partial charge in [0.05, 0.1) is 31.2 Å². The molecular weight excluding hydrogens is 471 g/mol. The monoisotopic (exact) mass is 500 g/mol. The van der Waals surface area contributed by atoms with Gasteiger partial charge in [-0.15, -0.1) is 0 Å². The number of H-pyrrole nitrogens is 1. The van der Waals surface area contributed by atoms with Crippen molar-refractivity contribution in [2.45, 2.75) is 50.2 Å². The van der Waals surface area contributed by atoms with Gasteiger partial charge in [0.1, 0.15) is 11.8 Å². The van der Waals surface area contributed by atoms with E-state index in [1.165, 1.54) is 0 Å². The molecule has 1 aliphatic carbocycles. The van der Waals surface area contributed by atoms with E-state index in [9.17, 15) is 4.79 Å². The van der Waals surface area contributed by atoms with Crippen LogP contribution < -0.4 is 10.6 Å². The average molecular weight is 501 g/mol. The Morgan fingerprint density at radius 1 is 1.36 bits per heavy atom. The molecule has 5 heterocycles. The molecule has 192 valence electrons. The smallest absolute Gasteiger partial charge is 0.408 e. The van der Waals surface area contributed by atoms with E-state index in [-0.39, 0.29) is 12.1 Å². The second kappa shape index (κ2) is 9.30. The number of hydrogen-bond acceptors (Lipinski definition) is 9. The van der Waals surface area contributed by atoms with Crippen molar-refractivity contribution in [2.24, 2.45) is 0 Å². The first kappa shape index (κ1) is 23.1. The maximum absolute atomic E-state index is 15.1. The van der Waals surface area contributed by atoms with Crippen molar-refractivity contribution < 1.29 is 23.4 Å². The van der Waals surface area contributed by atoms with Crippen molar-refractivity contribution in [3.63, 3.8) is 0 Å². The Bertz CT molecular complexity index is 1240. The molecule has 1 saturated carbocycles. The van der Waals surface area contributed by atoms with E-state index in [0.29, 0.717) is 17.5 Å². The van der Waals surface area contributed by atoms with Gasteiger partial charge in [-0.1, -0.05) is 0 Å². The molecule has 0 spiro atoms. The minimum Gasteiger partial charge on any atom is -0.441 e. The summed E-state index contributed by atoms with van der Waals surface area (Å²) in [5.41, 5.74) is 1.89. The predicted molar refractivity (Wildman–Crippen MR) is 126 cm³/mol. The van der Waals surface area contributed by atoms with Gasteiger partial charge in [-0.25, -0.2) is 19.2 Å². The quantitative estimate of drug-likeness (QED) is 0.446. The molecule has 12 nitrogen and oxygen atoms in total. The lowest BCUT2D eigenvalue weighted by Crippen LogP contribution is -2.39. The normalized spacial score (nSPS) is 25.7. The Morgan fingerprint density at radius 3 is 3.00 bits per heavy atom. The van der Waals surface area contributed by atoms with E-state index >= 15 is 4.39 Å². The number of aromatic amines is 1. The molecule has 0 radical (unpaired) electrons. The highest BCUT2D eigenvalue weighted by Crippen LogP contribution is 2.36. The lowest BCUT2D eigenvalue weighted by molar-refractivity contribution is 0.0337. The number of nitrogens with zero attached hydrogens (tertiary/aromatic N) is 5. The van der Waals surface area contributed by atoms with Crippen LogP contribution in [-0.2, 0) is 20.8 Å². The standard InChI is InChI=1S/C23H29FN8O4/c1-23(3-4-23)28-22(33)36-16-13-35-20(19(16)24)15-10-17(30-29-15)27-21-25-5-2-18-26-14(12-32(18)21)11-31-6-8-34-9-7-31/h2,5,10,12,16,19-20H,3-4,6-9,11,13H2,1H3,(H,28,33)(H2,25,27,29,30)/t16-,19-,20-/m1/s1. The number of hydrogen-bond donors (Lipinski definition) is 3. The Balaban J connectivity index is 1.11.